The van der Waals surface area contributed by atoms with Gasteiger partial charge in [0.15, 0.2) is 0 Å². The molecule has 9 heteroatoms. The average molecular weight is 396 g/mol. The number of aromatic hydroxyl groups is 1. The fourth-order valence-corrected chi connectivity index (χ4v) is 4.05. The third-order valence-electron chi connectivity index (χ3n) is 3.27. The van der Waals surface area contributed by atoms with Crippen molar-refractivity contribution in [2.75, 3.05) is 5.94 Å². The number of benzene rings is 1. The molecular formula is C15H26O6P2S. The molecule has 0 bridgehead atoms. The summed E-state index contributed by atoms with van der Waals surface area (Å²) < 4.78 is 30.9. The van der Waals surface area contributed by atoms with Gasteiger partial charge in [0.05, 0.1) is 0 Å². The van der Waals surface area contributed by atoms with E-state index in [9.17, 15) is 14.2 Å². The predicted molar refractivity (Wildman–Crippen MR) is 98.6 cm³/mol. The van der Waals surface area contributed by atoms with Crippen molar-refractivity contribution in [3.8, 4) is 5.75 Å². The Morgan fingerprint density at radius 3 is 1.88 bits per heavy atom. The summed E-state index contributed by atoms with van der Waals surface area (Å²) in [6.07, 6.45) is 0. The molecule has 2 unspecified atom stereocenters. The van der Waals surface area contributed by atoms with Crippen LogP contribution in [0.2, 0.25) is 0 Å². The summed E-state index contributed by atoms with van der Waals surface area (Å²) in [5.41, 5.74) is 1.16. The minimum atomic E-state index is -3.27. The lowest BCUT2D eigenvalue weighted by atomic mass is 9.79. The van der Waals surface area contributed by atoms with Crippen LogP contribution < -0.4 is 0 Å². The van der Waals surface area contributed by atoms with Gasteiger partial charge in [-0.25, -0.2) is 4.31 Å². The van der Waals surface area contributed by atoms with Crippen molar-refractivity contribution in [2.45, 2.75) is 57.3 Å². The number of thioether (sulfide) groups is 1. The van der Waals surface area contributed by atoms with Gasteiger partial charge in [0, 0.05) is 16.0 Å². The number of phenols is 1. The first-order valence-electron chi connectivity index (χ1n) is 7.40. The molecule has 0 aliphatic rings. The molecule has 138 valence electrons. The highest BCUT2D eigenvalue weighted by atomic mass is 32.2. The first-order chi connectivity index (χ1) is 10.8. The molecular weight excluding hydrogens is 370 g/mol. The van der Waals surface area contributed by atoms with Crippen LogP contribution in [0.5, 0.6) is 5.75 Å². The Labute approximate surface area is 148 Å². The molecule has 0 aromatic heterocycles. The second kappa shape index (κ2) is 8.39. The van der Waals surface area contributed by atoms with E-state index in [0.29, 0.717) is 0 Å². The number of hydrogen-bond acceptors (Lipinski definition) is 6. The van der Waals surface area contributed by atoms with Crippen molar-refractivity contribution in [1.29, 1.82) is 0 Å². The highest BCUT2D eigenvalue weighted by Gasteiger charge is 2.26. The van der Waals surface area contributed by atoms with Gasteiger partial charge in [-0.05, 0) is 23.0 Å². The monoisotopic (exact) mass is 396 g/mol. The summed E-state index contributed by atoms with van der Waals surface area (Å²) in [6, 6.07) is 3.76. The molecule has 6 nitrogen and oxygen atoms in total. The Kier molecular flexibility index (Phi) is 7.61. The van der Waals surface area contributed by atoms with E-state index < -0.39 is 16.5 Å². The molecule has 0 aliphatic carbocycles. The Balaban J connectivity index is 3.03. The lowest BCUT2D eigenvalue weighted by molar-refractivity contribution is 0.322. The Morgan fingerprint density at radius 2 is 1.50 bits per heavy atom. The summed E-state index contributed by atoms with van der Waals surface area (Å²) in [6.45, 7) is 12.1. The van der Waals surface area contributed by atoms with Gasteiger partial charge in [0.1, 0.15) is 11.7 Å². The average Bonchev–Trinajstić information content (AvgIpc) is 2.36. The predicted octanol–water partition coefficient (Wildman–Crippen LogP) is 4.84. The molecule has 1 aromatic carbocycles. The molecule has 0 fully saturated rings. The van der Waals surface area contributed by atoms with Crippen LogP contribution in [0.15, 0.2) is 17.0 Å². The van der Waals surface area contributed by atoms with Crippen LogP contribution in [0.25, 0.3) is 0 Å². The Morgan fingerprint density at radius 1 is 1.04 bits per heavy atom. The maximum absolute atomic E-state index is 11.3. The van der Waals surface area contributed by atoms with E-state index in [1.165, 1.54) is 11.8 Å². The van der Waals surface area contributed by atoms with Gasteiger partial charge in [0.25, 0.3) is 0 Å². The fraction of sp³-hybridized carbons (Fsp3) is 0.600. The van der Waals surface area contributed by atoms with E-state index >= 15 is 0 Å². The summed E-state index contributed by atoms with van der Waals surface area (Å²) in [7, 11) is -6.25. The molecule has 2 N–H and O–H groups in total. The maximum atomic E-state index is 11.3. The second-order valence-electron chi connectivity index (χ2n) is 7.39. The largest absolute Gasteiger partial charge is 0.507 e. The van der Waals surface area contributed by atoms with E-state index in [0.717, 1.165) is 16.0 Å². The first kappa shape index (κ1) is 21.8. The van der Waals surface area contributed by atoms with Crippen LogP contribution in [-0.2, 0) is 28.8 Å². The summed E-state index contributed by atoms with van der Waals surface area (Å²) in [5, 5.41) is 10.6. The van der Waals surface area contributed by atoms with Crippen molar-refractivity contribution in [2.24, 2.45) is 0 Å². The molecule has 0 heterocycles. The van der Waals surface area contributed by atoms with Gasteiger partial charge in [-0.1, -0.05) is 53.3 Å². The fourth-order valence-electron chi connectivity index (χ4n) is 2.08. The lowest BCUT2D eigenvalue weighted by Gasteiger charge is -2.28. The lowest BCUT2D eigenvalue weighted by Crippen LogP contribution is -2.17. The molecule has 0 radical (unpaired) electrons. The second-order valence-corrected chi connectivity index (χ2v) is 10.5. The van der Waals surface area contributed by atoms with E-state index in [4.69, 9.17) is 9.42 Å². The van der Waals surface area contributed by atoms with Gasteiger partial charge in [-0.3, -0.25) is 13.7 Å². The Bertz CT molecular complexity index is 599. The van der Waals surface area contributed by atoms with Gasteiger partial charge in [-0.15, -0.1) is 0 Å². The number of rotatable bonds is 6. The van der Waals surface area contributed by atoms with Crippen LogP contribution in [0.1, 0.15) is 52.7 Å². The zero-order chi connectivity index (χ0) is 18.7. The minimum absolute atomic E-state index is 0.0187. The third kappa shape index (κ3) is 6.55. The molecule has 2 atom stereocenters. The zero-order valence-electron chi connectivity index (χ0n) is 14.8. The summed E-state index contributed by atoms with van der Waals surface area (Å²) >= 11 is 1.28. The topological polar surface area (TPSA) is 93.1 Å². The molecule has 1 aromatic rings. The van der Waals surface area contributed by atoms with Crippen LogP contribution in [0.4, 0.5) is 0 Å². The minimum Gasteiger partial charge on any atom is -0.507 e. The number of phenolic OH excluding ortho intramolecular Hbond substituents is 1. The van der Waals surface area contributed by atoms with E-state index in [1.54, 1.807) is 0 Å². The van der Waals surface area contributed by atoms with Crippen molar-refractivity contribution in [3.05, 3.63) is 23.3 Å². The van der Waals surface area contributed by atoms with Gasteiger partial charge in [0.2, 0.25) is 0 Å². The molecule has 0 spiro atoms. The molecule has 24 heavy (non-hydrogen) atoms. The highest BCUT2D eigenvalue weighted by molar-refractivity contribution is 7.99. The summed E-state index contributed by atoms with van der Waals surface area (Å²) in [4.78, 5) is 9.41. The van der Waals surface area contributed by atoms with Crippen molar-refractivity contribution in [3.63, 3.8) is 0 Å². The van der Waals surface area contributed by atoms with Crippen LogP contribution in [-0.4, -0.2) is 15.9 Å². The van der Waals surface area contributed by atoms with Crippen molar-refractivity contribution >= 4 is 28.3 Å². The van der Waals surface area contributed by atoms with Gasteiger partial charge in [-0.2, -0.15) is 0 Å². The molecule has 0 saturated heterocycles. The first-order valence-corrected chi connectivity index (χ1v) is 10.9. The Hall–Kier alpha value is -0.290. The zero-order valence-corrected chi connectivity index (χ0v) is 17.6. The SMILES string of the molecule is CC(C)(C)c1cc(SCO[PH](=O)O[PH](=O)O)cc(C(C)(C)C)c1O. The summed E-state index contributed by atoms with van der Waals surface area (Å²) in [5.74, 6) is 0.307. The number of hydrogen-bond donors (Lipinski definition) is 2. The normalized spacial score (nSPS) is 15.3. The van der Waals surface area contributed by atoms with E-state index in [1.807, 2.05) is 53.7 Å². The van der Waals surface area contributed by atoms with Crippen molar-refractivity contribution in [1.82, 2.24) is 0 Å². The van der Waals surface area contributed by atoms with Crippen molar-refractivity contribution < 1.29 is 28.0 Å². The quantitative estimate of drug-likeness (QED) is 0.404. The molecule has 0 saturated carbocycles. The standard InChI is InChI=1S/C15H26O6P2S/c1-14(2,3)11-7-10(8-12(13(11)16)15(4,5)6)24-9-20-23(19)21-22(17)18/h7-8,16,22-23H,9H2,1-6H3,(H,17,18). The van der Waals surface area contributed by atoms with Crippen LogP contribution >= 0.6 is 28.3 Å². The molecule has 0 amide bonds. The highest BCUT2D eigenvalue weighted by Crippen LogP contribution is 2.43. The smallest absolute Gasteiger partial charge is 0.326 e. The van der Waals surface area contributed by atoms with E-state index in [2.05, 4.69) is 4.31 Å². The molecule has 0 aliphatic heterocycles. The van der Waals surface area contributed by atoms with E-state index in [-0.39, 0.29) is 22.5 Å². The molecule has 1 rings (SSSR count). The van der Waals surface area contributed by atoms with Crippen LogP contribution in [0.3, 0.4) is 0 Å². The van der Waals surface area contributed by atoms with Crippen LogP contribution in [0, 0.1) is 0 Å². The van der Waals surface area contributed by atoms with Gasteiger partial charge >= 0.3 is 16.5 Å². The third-order valence-corrected chi connectivity index (χ3v) is 6.03. The van der Waals surface area contributed by atoms with Gasteiger partial charge < -0.3 is 10.00 Å². The maximum Gasteiger partial charge on any atom is 0.326 e.